The molecule has 0 fully saturated rings. The maximum Gasteiger partial charge on any atom is 0.319 e. The van der Waals surface area contributed by atoms with Crippen LogP contribution in [-0.2, 0) is 14.5 Å². The van der Waals surface area contributed by atoms with Crippen molar-refractivity contribution < 1.29 is 28.7 Å². The Kier molecular flexibility index (Phi) is 17.3. The molecule has 50 heavy (non-hydrogen) atoms. The summed E-state index contributed by atoms with van der Waals surface area (Å²) >= 11 is 12.1. The normalized spacial score (nSPS) is 10.1. The van der Waals surface area contributed by atoms with Gasteiger partial charge in [-0.1, -0.05) is 33.5 Å². The number of nitrogens with two attached hydrogens (primary N) is 3. The van der Waals surface area contributed by atoms with Gasteiger partial charge in [0.2, 0.25) is 17.8 Å². The lowest BCUT2D eigenvalue weighted by molar-refractivity contribution is 0.215. The van der Waals surface area contributed by atoms with Gasteiger partial charge in [-0.25, -0.2) is 34.5 Å². The number of aliphatic imine (C=N–C) groups is 1. The van der Waals surface area contributed by atoms with Crippen LogP contribution in [0.5, 0.6) is 23.3 Å². The molecular formula is C30H34Cl2N12O6. The number of urea groups is 1. The molecule has 0 bridgehead atoms. The van der Waals surface area contributed by atoms with Gasteiger partial charge in [0, 0.05) is 25.2 Å². The number of hydrogen-bond acceptors (Lipinski definition) is 16. The van der Waals surface area contributed by atoms with Crippen molar-refractivity contribution in [2.24, 2.45) is 15.3 Å². The topological polar surface area (TPSA) is 262 Å². The predicted octanol–water partition coefficient (Wildman–Crippen LogP) is 5.04. The highest BCUT2D eigenvalue weighted by atomic mass is 35.5. The zero-order valence-electron chi connectivity index (χ0n) is 27.3. The summed E-state index contributed by atoms with van der Waals surface area (Å²) in [4.78, 5) is 48.8. The number of rotatable bonds is 11. The van der Waals surface area contributed by atoms with E-state index in [1.807, 2.05) is 6.92 Å². The largest absolute Gasteiger partial charge is 0.438 e. The maximum absolute atomic E-state index is 11.6. The average molecular weight is 730 g/mol. The van der Waals surface area contributed by atoms with Crippen molar-refractivity contribution in [3.05, 3.63) is 70.2 Å². The zero-order valence-corrected chi connectivity index (χ0v) is 28.8. The second kappa shape index (κ2) is 21.6. The van der Waals surface area contributed by atoms with Crippen molar-refractivity contribution in [2.45, 2.75) is 13.8 Å². The molecule has 0 spiro atoms. The number of ether oxygens (including phenoxy) is 2. The number of halogens is 2. The summed E-state index contributed by atoms with van der Waals surface area (Å²) in [5.74, 6) is 1.70. The Morgan fingerprint density at radius 3 is 1.78 bits per heavy atom. The van der Waals surface area contributed by atoms with Crippen LogP contribution in [0.1, 0.15) is 25.0 Å². The molecule has 4 rings (SSSR count). The molecule has 20 heteroatoms. The van der Waals surface area contributed by atoms with Crippen LogP contribution in [-0.4, -0.2) is 71.8 Å². The number of benzene rings is 2. The number of oxime groups is 2. The predicted molar refractivity (Wildman–Crippen MR) is 191 cm³/mol. The molecule has 0 radical (unpaired) electrons. The van der Waals surface area contributed by atoms with Crippen molar-refractivity contribution in [3.8, 4) is 23.3 Å². The third kappa shape index (κ3) is 13.1. The van der Waals surface area contributed by atoms with Gasteiger partial charge in [0.25, 0.3) is 0 Å². The van der Waals surface area contributed by atoms with Crippen LogP contribution in [0, 0.1) is 0 Å². The molecular weight excluding hydrogens is 695 g/mol. The van der Waals surface area contributed by atoms with Crippen LogP contribution in [0.2, 0.25) is 10.0 Å². The van der Waals surface area contributed by atoms with Gasteiger partial charge in [0.05, 0.1) is 33.8 Å². The molecule has 0 aliphatic rings. The summed E-state index contributed by atoms with van der Waals surface area (Å²) in [5.41, 5.74) is 18.9. The Morgan fingerprint density at radius 2 is 1.36 bits per heavy atom. The van der Waals surface area contributed by atoms with Gasteiger partial charge in [0.1, 0.15) is 61.1 Å². The van der Waals surface area contributed by atoms with Gasteiger partial charge < -0.3 is 47.0 Å². The number of aromatic nitrogens is 4. The summed E-state index contributed by atoms with van der Waals surface area (Å²) < 4.78 is 11.3. The van der Waals surface area contributed by atoms with Gasteiger partial charge in [0.15, 0.2) is 0 Å². The maximum atomic E-state index is 11.6. The van der Waals surface area contributed by atoms with Crippen LogP contribution in [0.4, 0.5) is 27.8 Å². The molecule has 0 saturated carbocycles. The molecule has 0 aliphatic heterocycles. The minimum atomic E-state index is -0.347. The summed E-state index contributed by atoms with van der Waals surface area (Å²) in [6.07, 6.45) is 6.65. The van der Waals surface area contributed by atoms with Crippen molar-refractivity contribution in [2.75, 3.05) is 49.8 Å². The molecule has 8 N–H and O–H groups in total. The van der Waals surface area contributed by atoms with Crippen LogP contribution >= 0.6 is 23.2 Å². The summed E-state index contributed by atoms with van der Waals surface area (Å²) in [6, 6.07) is 9.30. The van der Waals surface area contributed by atoms with E-state index in [1.165, 1.54) is 45.4 Å². The number of isocyanates is 1. The van der Waals surface area contributed by atoms with Gasteiger partial charge in [-0.2, -0.15) is 0 Å². The Hall–Kier alpha value is -6.23. The fourth-order valence-corrected chi connectivity index (χ4v) is 3.64. The highest BCUT2D eigenvalue weighted by molar-refractivity contribution is 6.34. The van der Waals surface area contributed by atoms with E-state index in [1.54, 1.807) is 43.3 Å². The first kappa shape index (κ1) is 39.9. The van der Waals surface area contributed by atoms with Crippen molar-refractivity contribution in [1.82, 2.24) is 25.3 Å². The fourth-order valence-electron chi connectivity index (χ4n) is 3.25. The molecule has 264 valence electrons. The van der Waals surface area contributed by atoms with Crippen molar-refractivity contribution >= 4 is 70.8 Å². The van der Waals surface area contributed by atoms with Crippen LogP contribution in [0.15, 0.2) is 64.4 Å². The molecule has 0 aliphatic carbocycles. The second-order valence-corrected chi connectivity index (χ2v) is 9.68. The van der Waals surface area contributed by atoms with Gasteiger partial charge >= 0.3 is 6.03 Å². The van der Waals surface area contributed by atoms with E-state index in [-0.39, 0.29) is 29.4 Å². The number of carbonyl (C=O) groups excluding carboxylic acids is 2. The molecule has 18 nitrogen and oxygen atoms in total. The number of amides is 2. The molecule has 0 saturated heterocycles. The van der Waals surface area contributed by atoms with E-state index in [9.17, 15) is 4.79 Å². The quantitative estimate of drug-likeness (QED) is 0.0587. The number of hydrogen-bond donors (Lipinski definition) is 5. The number of nitrogens with zero attached hydrogens (tertiary/aromatic N) is 7. The Labute approximate surface area is 296 Å². The molecule has 2 aromatic carbocycles. The molecule has 2 amide bonds. The summed E-state index contributed by atoms with van der Waals surface area (Å²) in [6.45, 7) is 4.65. The van der Waals surface area contributed by atoms with Gasteiger partial charge in [-0.05, 0) is 38.1 Å². The fraction of sp³-hybridized carbons (Fsp3) is 0.200. The third-order valence-corrected chi connectivity index (χ3v) is 6.12. The first-order valence-electron chi connectivity index (χ1n) is 14.2. The van der Waals surface area contributed by atoms with Crippen LogP contribution < -0.4 is 37.3 Å². The molecule has 2 aromatic heterocycles. The third-order valence-electron chi connectivity index (χ3n) is 5.48. The van der Waals surface area contributed by atoms with Gasteiger partial charge in [-0.15, -0.1) is 0 Å². The number of nitrogens with one attached hydrogen (secondary N) is 2. The van der Waals surface area contributed by atoms with E-state index in [4.69, 9.17) is 54.7 Å². The average Bonchev–Trinajstić information content (AvgIpc) is 3.08. The number of anilines is 4. The highest BCUT2D eigenvalue weighted by Gasteiger charge is 2.13. The number of carbonyl (C=O) groups is 1. The monoisotopic (exact) mass is 728 g/mol. The van der Waals surface area contributed by atoms with E-state index in [0.717, 1.165) is 0 Å². The first-order chi connectivity index (χ1) is 24.1. The Bertz CT molecular complexity index is 1820. The summed E-state index contributed by atoms with van der Waals surface area (Å²) in [5, 5.41) is 13.2. The zero-order chi connectivity index (χ0) is 36.9. The molecule has 2 heterocycles. The Balaban J connectivity index is 0.000000311. The van der Waals surface area contributed by atoms with Gasteiger partial charge in [-0.3, -0.25) is 0 Å². The molecule has 0 atom stereocenters. The minimum absolute atomic E-state index is 0.187. The minimum Gasteiger partial charge on any atom is -0.438 e. The van der Waals surface area contributed by atoms with E-state index in [0.29, 0.717) is 57.1 Å². The van der Waals surface area contributed by atoms with Crippen LogP contribution in [0.25, 0.3) is 0 Å². The van der Waals surface area contributed by atoms with Crippen molar-refractivity contribution in [1.29, 1.82) is 0 Å². The lowest BCUT2D eigenvalue weighted by atomic mass is 10.3. The van der Waals surface area contributed by atoms with E-state index in [2.05, 4.69) is 55.5 Å². The highest BCUT2D eigenvalue weighted by Crippen LogP contribution is 2.31. The SMILES string of the molecule is CCN=C=O.CCNC(=O)Nc1ccc(Oc2ncnc(N)c2/C=N/OC)cc1Cl.CO/N=C/c1c(N)ncnc1Oc1ccc(N)c(Cl)c1. The Morgan fingerprint density at radius 1 is 0.840 bits per heavy atom. The second-order valence-electron chi connectivity index (χ2n) is 8.87. The van der Waals surface area contributed by atoms with E-state index < -0.39 is 0 Å². The molecule has 0 unspecified atom stereocenters. The summed E-state index contributed by atoms with van der Waals surface area (Å²) in [7, 11) is 2.81. The van der Waals surface area contributed by atoms with Crippen LogP contribution in [0.3, 0.4) is 0 Å². The van der Waals surface area contributed by atoms with Crippen molar-refractivity contribution in [3.63, 3.8) is 0 Å². The standard InChI is InChI=1S/C15H17ClN6O3.C12H12ClN5O2.C3H5NO/c1-3-18-15(23)22-12-5-4-9(6-11(12)16)25-14-10(7-21-24-2)13(17)19-8-20-14;1-19-18-5-8-11(15)16-6-17-12(8)20-7-2-3-10(14)9(13)4-7;1-2-4-3-5/h4-8H,3H2,1-2H3,(H2,17,19,20)(H2,18,22,23);2-6H,14H2,1H3,(H2,15,16,17);2H2,1H3/b21-7+;18-5+;. The lowest BCUT2D eigenvalue weighted by Crippen LogP contribution is -2.28. The number of nitrogen functional groups attached to an aromatic ring is 3. The lowest BCUT2D eigenvalue weighted by Gasteiger charge is -2.11. The first-order valence-corrected chi connectivity index (χ1v) is 15.0. The van der Waals surface area contributed by atoms with E-state index >= 15 is 0 Å². The smallest absolute Gasteiger partial charge is 0.319 e. The molecule has 4 aromatic rings.